The average Bonchev–Trinajstić information content (AvgIpc) is 2.69. The van der Waals surface area contributed by atoms with Crippen molar-refractivity contribution in [2.45, 2.75) is 6.54 Å². The highest BCUT2D eigenvalue weighted by Gasteiger charge is 2.18. The van der Waals surface area contributed by atoms with Gasteiger partial charge in [0, 0.05) is 44.0 Å². The average molecular weight is 384 g/mol. The molecule has 3 rings (SSSR count). The molecule has 1 saturated heterocycles. The van der Waals surface area contributed by atoms with Crippen LogP contribution in [-0.4, -0.2) is 50.4 Å². The quantitative estimate of drug-likeness (QED) is 0.450. The largest absolute Gasteiger partial charge is 0.496 e. The standard InChI is InChI=1S/C20H25FN6O/c1-28-19-7-2-15(13-24-25-20(22)23)12-16(19)14-26-8-10-27(11-9-26)18-5-3-17(21)4-6-18/h2-7,12-13H,8-11,14H2,1H3,(H4,22,23,25)/b24-13+. The Hall–Kier alpha value is -3.13. The Morgan fingerprint density at radius 1 is 1.11 bits per heavy atom. The van der Waals surface area contributed by atoms with E-state index in [2.05, 4.69) is 20.0 Å². The molecule has 8 heteroatoms. The van der Waals surface area contributed by atoms with Gasteiger partial charge in [0.2, 0.25) is 5.96 Å². The third-order valence-corrected chi connectivity index (χ3v) is 4.64. The Kier molecular flexibility index (Phi) is 6.44. The van der Waals surface area contributed by atoms with Gasteiger partial charge in [-0.05, 0) is 48.0 Å². The first-order chi connectivity index (χ1) is 13.5. The number of rotatable bonds is 6. The Labute approximate surface area is 164 Å². The monoisotopic (exact) mass is 384 g/mol. The van der Waals surface area contributed by atoms with E-state index < -0.39 is 0 Å². The molecule has 148 valence electrons. The summed E-state index contributed by atoms with van der Waals surface area (Å²) in [5, 5.41) is 7.48. The van der Waals surface area contributed by atoms with E-state index >= 15 is 0 Å². The first-order valence-corrected chi connectivity index (χ1v) is 9.07. The summed E-state index contributed by atoms with van der Waals surface area (Å²) in [5.74, 6) is 0.543. The molecule has 2 aromatic rings. The van der Waals surface area contributed by atoms with Crippen LogP contribution in [0, 0.1) is 5.82 Å². The van der Waals surface area contributed by atoms with Crippen molar-refractivity contribution in [2.75, 3.05) is 38.2 Å². The number of hydrogen-bond acceptors (Lipinski definition) is 5. The van der Waals surface area contributed by atoms with Crippen LogP contribution in [0.2, 0.25) is 0 Å². The fourth-order valence-corrected chi connectivity index (χ4v) is 3.22. The summed E-state index contributed by atoms with van der Waals surface area (Å²) in [6, 6.07) is 12.5. The van der Waals surface area contributed by atoms with Crippen molar-refractivity contribution in [2.24, 2.45) is 21.7 Å². The second-order valence-electron chi connectivity index (χ2n) is 6.58. The Balaban J connectivity index is 1.64. The molecule has 0 bridgehead atoms. The highest BCUT2D eigenvalue weighted by Crippen LogP contribution is 2.23. The fraction of sp³-hybridized carbons (Fsp3) is 0.300. The van der Waals surface area contributed by atoms with E-state index in [1.165, 1.54) is 12.1 Å². The zero-order valence-corrected chi connectivity index (χ0v) is 15.9. The molecule has 2 aromatic carbocycles. The third-order valence-electron chi connectivity index (χ3n) is 4.64. The van der Waals surface area contributed by atoms with Crippen molar-refractivity contribution >= 4 is 17.9 Å². The molecule has 0 radical (unpaired) electrons. The van der Waals surface area contributed by atoms with Gasteiger partial charge in [-0.25, -0.2) is 4.39 Å². The normalized spacial score (nSPS) is 15.0. The van der Waals surface area contributed by atoms with Gasteiger partial charge in [0.1, 0.15) is 11.6 Å². The molecule has 1 fully saturated rings. The number of piperazine rings is 1. The summed E-state index contributed by atoms with van der Waals surface area (Å²) < 4.78 is 18.6. The smallest absolute Gasteiger partial charge is 0.211 e. The van der Waals surface area contributed by atoms with Crippen LogP contribution >= 0.6 is 0 Å². The van der Waals surface area contributed by atoms with Gasteiger partial charge in [0.05, 0.1) is 13.3 Å². The number of guanidine groups is 1. The second kappa shape index (κ2) is 9.18. The zero-order valence-electron chi connectivity index (χ0n) is 15.9. The van der Waals surface area contributed by atoms with Gasteiger partial charge in [-0.3, -0.25) is 4.90 Å². The predicted octanol–water partition coefficient (Wildman–Crippen LogP) is 1.76. The van der Waals surface area contributed by atoms with Crippen molar-refractivity contribution < 1.29 is 9.13 Å². The van der Waals surface area contributed by atoms with Gasteiger partial charge >= 0.3 is 0 Å². The van der Waals surface area contributed by atoms with E-state index in [4.69, 9.17) is 16.2 Å². The van der Waals surface area contributed by atoms with Crippen LogP contribution in [0.15, 0.2) is 52.7 Å². The highest BCUT2D eigenvalue weighted by molar-refractivity contribution is 5.82. The first-order valence-electron chi connectivity index (χ1n) is 9.07. The van der Waals surface area contributed by atoms with E-state index in [9.17, 15) is 4.39 Å². The van der Waals surface area contributed by atoms with E-state index in [1.54, 1.807) is 13.3 Å². The number of benzene rings is 2. The molecule has 0 aliphatic carbocycles. The Morgan fingerprint density at radius 2 is 1.82 bits per heavy atom. The molecule has 0 atom stereocenters. The molecule has 1 aliphatic rings. The summed E-state index contributed by atoms with van der Waals surface area (Å²) in [7, 11) is 1.67. The lowest BCUT2D eigenvalue weighted by molar-refractivity contribution is 0.246. The van der Waals surface area contributed by atoms with Crippen molar-refractivity contribution in [1.82, 2.24) is 4.90 Å². The van der Waals surface area contributed by atoms with E-state index in [0.717, 1.165) is 55.3 Å². The van der Waals surface area contributed by atoms with Crippen molar-refractivity contribution in [3.63, 3.8) is 0 Å². The van der Waals surface area contributed by atoms with Crippen LogP contribution in [0.4, 0.5) is 10.1 Å². The van der Waals surface area contributed by atoms with Gasteiger partial charge in [-0.15, -0.1) is 5.10 Å². The highest BCUT2D eigenvalue weighted by atomic mass is 19.1. The zero-order chi connectivity index (χ0) is 19.9. The van der Waals surface area contributed by atoms with Gasteiger partial charge in [-0.2, -0.15) is 5.10 Å². The lowest BCUT2D eigenvalue weighted by Gasteiger charge is -2.36. The summed E-state index contributed by atoms with van der Waals surface area (Å²) in [6.07, 6.45) is 1.61. The maximum Gasteiger partial charge on any atom is 0.211 e. The molecule has 1 aliphatic heterocycles. The topological polar surface area (TPSA) is 92.5 Å². The van der Waals surface area contributed by atoms with E-state index in [1.807, 2.05) is 30.3 Å². The lowest BCUT2D eigenvalue weighted by atomic mass is 10.1. The Bertz CT molecular complexity index is 840. The minimum absolute atomic E-state index is 0.0796. The van der Waals surface area contributed by atoms with E-state index in [-0.39, 0.29) is 11.8 Å². The van der Waals surface area contributed by atoms with E-state index in [0.29, 0.717) is 0 Å². The molecular weight excluding hydrogens is 359 g/mol. The second-order valence-corrected chi connectivity index (χ2v) is 6.58. The molecule has 28 heavy (non-hydrogen) atoms. The number of hydrogen-bond donors (Lipinski definition) is 2. The first kappa shape index (κ1) is 19.6. The van der Waals surface area contributed by atoms with Crippen LogP contribution in [0.1, 0.15) is 11.1 Å². The molecule has 0 unspecified atom stereocenters. The maximum atomic E-state index is 13.1. The van der Waals surface area contributed by atoms with Crippen LogP contribution < -0.4 is 21.1 Å². The number of anilines is 1. The summed E-state index contributed by atoms with van der Waals surface area (Å²) in [4.78, 5) is 4.64. The molecule has 0 spiro atoms. The summed E-state index contributed by atoms with van der Waals surface area (Å²) >= 11 is 0. The van der Waals surface area contributed by atoms with Gasteiger partial charge in [0.15, 0.2) is 0 Å². The maximum absolute atomic E-state index is 13.1. The van der Waals surface area contributed by atoms with Crippen LogP contribution in [0.25, 0.3) is 0 Å². The molecule has 0 aromatic heterocycles. The van der Waals surface area contributed by atoms with Gasteiger partial charge in [0.25, 0.3) is 0 Å². The summed E-state index contributed by atoms with van der Waals surface area (Å²) in [6.45, 7) is 4.36. The Morgan fingerprint density at radius 3 is 2.46 bits per heavy atom. The molecular formula is C20H25FN6O. The van der Waals surface area contributed by atoms with Crippen LogP contribution in [0.5, 0.6) is 5.75 Å². The number of halogens is 1. The predicted molar refractivity (Wildman–Crippen MR) is 110 cm³/mol. The van der Waals surface area contributed by atoms with Crippen molar-refractivity contribution in [3.8, 4) is 5.75 Å². The lowest BCUT2D eigenvalue weighted by Crippen LogP contribution is -2.46. The van der Waals surface area contributed by atoms with Crippen LogP contribution in [0.3, 0.4) is 0 Å². The van der Waals surface area contributed by atoms with Crippen molar-refractivity contribution in [3.05, 3.63) is 59.4 Å². The molecule has 0 saturated carbocycles. The number of nitrogens with two attached hydrogens (primary N) is 2. The number of nitrogens with zero attached hydrogens (tertiary/aromatic N) is 4. The minimum Gasteiger partial charge on any atom is -0.496 e. The molecule has 0 amide bonds. The van der Waals surface area contributed by atoms with Gasteiger partial charge in [-0.1, -0.05) is 0 Å². The summed E-state index contributed by atoms with van der Waals surface area (Å²) in [5.41, 5.74) is 13.6. The van der Waals surface area contributed by atoms with Crippen LogP contribution in [-0.2, 0) is 6.54 Å². The number of methoxy groups -OCH3 is 1. The fourth-order valence-electron chi connectivity index (χ4n) is 3.22. The van der Waals surface area contributed by atoms with Gasteiger partial charge < -0.3 is 21.1 Å². The third kappa shape index (κ3) is 5.20. The minimum atomic E-state index is -0.210. The SMILES string of the molecule is COc1ccc(/C=N/N=C(N)N)cc1CN1CCN(c2ccc(F)cc2)CC1. The number of ether oxygens (including phenoxy) is 1. The molecule has 4 N–H and O–H groups in total. The molecule has 1 heterocycles. The molecule has 7 nitrogen and oxygen atoms in total. The van der Waals surface area contributed by atoms with Crippen molar-refractivity contribution in [1.29, 1.82) is 0 Å².